The third kappa shape index (κ3) is 5.48. The molecule has 0 saturated carbocycles. The lowest BCUT2D eigenvalue weighted by molar-refractivity contribution is -0.142. The second-order valence-electron chi connectivity index (χ2n) is 8.59. The smallest absolute Gasteiger partial charge is 0.414 e. The molecular weight excluding hydrogens is 450 g/mol. The molecule has 2 aromatic carbocycles. The summed E-state index contributed by atoms with van der Waals surface area (Å²) in [5.41, 5.74) is 1.52. The standard InChI is InChI=1S/C25H27N5O5/c1-29(2)25(34)35-18-13-11-16(12-14-18)15-19(24(32)33)26-23(31)20-9-6-10-21-27-28-22(30(20)21)17-7-4-3-5-8-17/h3-5,7-8,11-14,19-20H,6,9-10,15H2,1-2H3,(H,26,31)(H,32,33)/t19?,20-/m0/s1. The maximum absolute atomic E-state index is 13.3. The van der Waals surface area contributed by atoms with Crippen molar-refractivity contribution in [3.8, 4) is 17.1 Å². The minimum Gasteiger partial charge on any atom is -0.480 e. The van der Waals surface area contributed by atoms with Crippen LogP contribution < -0.4 is 10.1 Å². The number of aryl methyl sites for hydroxylation is 1. The van der Waals surface area contributed by atoms with Gasteiger partial charge in [0, 0.05) is 32.5 Å². The number of hydrogen-bond acceptors (Lipinski definition) is 6. The Labute approximate surface area is 202 Å². The first-order valence-electron chi connectivity index (χ1n) is 11.3. The molecule has 10 heteroatoms. The summed E-state index contributed by atoms with van der Waals surface area (Å²) in [6.45, 7) is 0. The number of ether oxygens (including phenoxy) is 1. The summed E-state index contributed by atoms with van der Waals surface area (Å²) in [5, 5.41) is 21.0. The zero-order valence-electron chi connectivity index (χ0n) is 19.5. The van der Waals surface area contributed by atoms with Gasteiger partial charge in [-0.2, -0.15) is 0 Å². The van der Waals surface area contributed by atoms with Gasteiger partial charge in [-0.15, -0.1) is 10.2 Å². The molecule has 0 bridgehead atoms. The van der Waals surface area contributed by atoms with Crippen molar-refractivity contribution in [2.45, 2.75) is 37.8 Å². The summed E-state index contributed by atoms with van der Waals surface area (Å²) in [7, 11) is 3.16. The van der Waals surface area contributed by atoms with E-state index in [-0.39, 0.29) is 12.3 Å². The van der Waals surface area contributed by atoms with Crippen molar-refractivity contribution in [1.82, 2.24) is 25.0 Å². The summed E-state index contributed by atoms with van der Waals surface area (Å²) >= 11 is 0. The number of rotatable bonds is 7. The summed E-state index contributed by atoms with van der Waals surface area (Å²) in [5.74, 6) is 0.135. The van der Waals surface area contributed by atoms with Gasteiger partial charge in [0.1, 0.15) is 23.7 Å². The predicted octanol–water partition coefficient (Wildman–Crippen LogP) is 2.70. The molecule has 0 aliphatic carbocycles. The minimum absolute atomic E-state index is 0.0796. The van der Waals surface area contributed by atoms with Gasteiger partial charge in [0.25, 0.3) is 0 Å². The zero-order valence-corrected chi connectivity index (χ0v) is 19.5. The number of amides is 2. The zero-order chi connectivity index (χ0) is 24.9. The number of aliphatic carboxylic acids is 1. The van der Waals surface area contributed by atoms with Crippen LogP contribution in [0.5, 0.6) is 5.75 Å². The largest absolute Gasteiger partial charge is 0.480 e. The fourth-order valence-electron chi connectivity index (χ4n) is 4.03. The van der Waals surface area contributed by atoms with Crippen LogP contribution in [0, 0.1) is 0 Å². The number of carboxylic acid groups (broad SMARTS) is 1. The molecular formula is C25H27N5O5. The van der Waals surface area contributed by atoms with Crippen LogP contribution in [0.2, 0.25) is 0 Å². The molecule has 2 N–H and O–H groups in total. The van der Waals surface area contributed by atoms with Crippen LogP contribution in [0.3, 0.4) is 0 Å². The number of hydrogen-bond donors (Lipinski definition) is 2. The van der Waals surface area contributed by atoms with Gasteiger partial charge in [-0.1, -0.05) is 42.5 Å². The van der Waals surface area contributed by atoms with E-state index in [9.17, 15) is 19.5 Å². The highest BCUT2D eigenvalue weighted by molar-refractivity contribution is 5.86. The van der Waals surface area contributed by atoms with E-state index in [4.69, 9.17) is 4.74 Å². The second-order valence-corrected chi connectivity index (χ2v) is 8.59. The van der Waals surface area contributed by atoms with Crippen LogP contribution in [0.15, 0.2) is 54.6 Å². The highest BCUT2D eigenvalue weighted by Crippen LogP contribution is 2.30. The van der Waals surface area contributed by atoms with Crippen LogP contribution in [0.25, 0.3) is 11.4 Å². The van der Waals surface area contributed by atoms with Crippen LogP contribution >= 0.6 is 0 Å². The normalized spacial score (nSPS) is 15.5. The van der Waals surface area contributed by atoms with E-state index in [0.717, 1.165) is 12.0 Å². The fourth-order valence-corrected chi connectivity index (χ4v) is 4.03. The third-order valence-electron chi connectivity index (χ3n) is 5.84. The van der Waals surface area contributed by atoms with E-state index in [2.05, 4.69) is 15.5 Å². The Balaban J connectivity index is 1.49. The van der Waals surface area contributed by atoms with Gasteiger partial charge in [-0.3, -0.25) is 9.36 Å². The van der Waals surface area contributed by atoms with Crippen LogP contribution in [0.1, 0.15) is 30.3 Å². The average Bonchev–Trinajstić information content (AvgIpc) is 3.29. The Morgan fingerprint density at radius 1 is 1.11 bits per heavy atom. The average molecular weight is 478 g/mol. The maximum Gasteiger partial charge on any atom is 0.414 e. The molecule has 3 aromatic rings. The van der Waals surface area contributed by atoms with Crippen LogP contribution in [-0.2, 0) is 22.4 Å². The molecule has 182 valence electrons. The number of carbonyl (C=O) groups excluding carboxylic acids is 2. The van der Waals surface area contributed by atoms with Gasteiger partial charge < -0.3 is 20.1 Å². The number of nitrogens with one attached hydrogen (secondary N) is 1. The lowest BCUT2D eigenvalue weighted by Gasteiger charge is -2.27. The molecule has 0 radical (unpaired) electrons. The van der Waals surface area contributed by atoms with Crippen LogP contribution in [0.4, 0.5) is 4.79 Å². The van der Waals surface area contributed by atoms with Gasteiger partial charge in [0.2, 0.25) is 5.91 Å². The van der Waals surface area contributed by atoms with Gasteiger partial charge in [-0.25, -0.2) is 9.59 Å². The van der Waals surface area contributed by atoms with E-state index in [1.807, 2.05) is 34.9 Å². The summed E-state index contributed by atoms with van der Waals surface area (Å²) in [4.78, 5) is 38.2. The monoisotopic (exact) mass is 477 g/mol. The summed E-state index contributed by atoms with van der Waals surface area (Å²) < 4.78 is 7.01. The third-order valence-corrected chi connectivity index (χ3v) is 5.84. The number of aromatic nitrogens is 3. The quantitative estimate of drug-likeness (QED) is 0.536. The van der Waals surface area contributed by atoms with E-state index >= 15 is 0 Å². The topological polar surface area (TPSA) is 127 Å². The van der Waals surface area contributed by atoms with Crippen molar-refractivity contribution in [3.63, 3.8) is 0 Å². The number of nitrogens with zero attached hydrogens (tertiary/aromatic N) is 4. The SMILES string of the molecule is CN(C)C(=O)Oc1ccc(CC(NC(=O)[C@@H]2CCCc3nnc(-c4ccccc4)n32)C(=O)O)cc1. The molecule has 1 aromatic heterocycles. The Morgan fingerprint density at radius 2 is 1.83 bits per heavy atom. The molecule has 2 amide bonds. The number of carboxylic acids is 1. The molecule has 1 aliphatic rings. The molecule has 1 unspecified atom stereocenters. The number of fused-ring (bicyclic) bond motifs is 1. The fraction of sp³-hybridized carbons (Fsp3) is 0.320. The van der Waals surface area contributed by atoms with Crippen molar-refractivity contribution >= 4 is 18.0 Å². The van der Waals surface area contributed by atoms with Crippen molar-refractivity contribution < 1.29 is 24.2 Å². The Bertz CT molecular complexity index is 1210. The Kier molecular flexibility index (Phi) is 7.09. The van der Waals surface area contributed by atoms with Gasteiger partial charge in [0.05, 0.1) is 0 Å². The molecule has 2 atom stereocenters. The van der Waals surface area contributed by atoms with Gasteiger partial charge >= 0.3 is 12.1 Å². The summed E-state index contributed by atoms with van der Waals surface area (Å²) in [6, 6.07) is 14.3. The Hall–Kier alpha value is -4.21. The number of benzene rings is 2. The molecule has 35 heavy (non-hydrogen) atoms. The van der Waals surface area contributed by atoms with E-state index < -0.39 is 24.1 Å². The highest BCUT2D eigenvalue weighted by Gasteiger charge is 2.32. The first kappa shape index (κ1) is 23.9. The van der Waals surface area contributed by atoms with Gasteiger partial charge in [-0.05, 0) is 30.5 Å². The molecule has 0 saturated heterocycles. The molecule has 10 nitrogen and oxygen atoms in total. The van der Waals surface area contributed by atoms with E-state index in [1.54, 1.807) is 38.4 Å². The van der Waals surface area contributed by atoms with Crippen LogP contribution in [-0.4, -0.2) is 62.9 Å². The molecule has 0 fully saturated rings. The lowest BCUT2D eigenvalue weighted by Crippen LogP contribution is -2.46. The summed E-state index contributed by atoms with van der Waals surface area (Å²) in [6.07, 6.45) is 1.60. The molecule has 1 aliphatic heterocycles. The number of carbonyl (C=O) groups is 3. The molecule has 0 spiro atoms. The minimum atomic E-state index is -1.13. The molecule has 2 heterocycles. The second kappa shape index (κ2) is 10.4. The van der Waals surface area contributed by atoms with Crippen molar-refractivity contribution in [1.29, 1.82) is 0 Å². The predicted molar refractivity (Wildman–Crippen MR) is 127 cm³/mol. The molecule has 4 rings (SSSR count). The highest BCUT2D eigenvalue weighted by atomic mass is 16.6. The first-order valence-corrected chi connectivity index (χ1v) is 11.3. The lowest BCUT2D eigenvalue weighted by atomic mass is 10.0. The van der Waals surface area contributed by atoms with Crippen molar-refractivity contribution in [2.24, 2.45) is 0 Å². The Morgan fingerprint density at radius 3 is 2.49 bits per heavy atom. The van der Waals surface area contributed by atoms with Crippen molar-refractivity contribution in [3.05, 3.63) is 66.0 Å². The van der Waals surface area contributed by atoms with Gasteiger partial charge in [0.15, 0.2) is 5.82 Å². The maximum atomic E-state index is 13.3. The van der Waals surface area contributed by atoms with E-state index in [0.29, 0.717) is 35.8 Å². The first-order chi connectivity index (χ1) is 16.8. The van der Waals surface area contributed by atoms with E-state index in [1.165, 1.54) is 4.90 Å². The van der Waals surface area contributed by atoms with Crippen molar-refractivity contribution in [2.75, 3.05) is 14.1 Å².